The molecule has 0 spiro atoms. The number of amides is 2. The van der Waals surface area contributed by atoms with Crippen molar-refractivity contribution in [1.29, 1.82) is 0 Å². The predicted molar refractivity (Wildman–Crippen MR) is 89.6 cm³/mol. The van der Waals surface area contributed by atoms with Crippen LogP contribution in [0.25, 0.3) is 0 Å². The average Bonchev–Trinajstić information content (AvgIpc) is 3.28. The Morgan fingerprint density at radius 2 is 1.92 bits per heavy atom. The van der Waals surface area contributed by atoms with Crippen molar-refractivity contribution in [2.45, 2.75) is 19.3 Å². The number of hydrogen-bond acceptors (Lipinski definition) is 5. The van der Waals surface area contributed by atoms with Gasteiger partial charge >= 0.3 is 0 Å². The number of hydrogen-bond donors (Lipinski definition) is 2. The van der Waals surface area contributed by atoms with Gasteiger partial charge in [-0.15, -0.1) is 0 Å². The zero-order valence-corrected chi connectivity index (χ0v) is 14.1. The molecule has 25 heavy (non-hydrogen) atoms. The SMILES string of the molecule is CC(C)(CNC(=O)CNC(=O)c1ccoc1)c1ccc2c(c1)OCO2. The van der Waals surface area contributed by atoms with E-state index in [1.807, 2.05) is 32.0 Å². The molecule has 0 unspecified atom stereocenters. The molecular weight excluding hydrogens is 324 g/mol. The first kappa shape index (κ1) is 16.9. The summed E-state index contributed by atoms with van der Waals surface area (Å²) in [6.07, 6.45) is 2.73. The minimum Gasteiger partial charge on any atom is -0.472 e. The maximum absolute atomic E-state index is 12.0. The Bertz CT molecular complexity index is 768. The molecule has 7 heteroatoms. The summed E-state index contributed by atoms with van der Waals surface area (Å²) in [7, 11) is 0. The maximum atomic E-state index is 12.0. The van der Waals surface area contributed by atoms with Crippen LogP contribution in [0, 0.1) is 0 Å². The highest BCUT2D eigenvalue weighted by molar-refractivity contribution is 5.96. The van der Waals surface area contributed by atoms with Gasteiger partial charge in [-0.25, -0.2) is 0 Å². The summed E-state index contributed by atoms with van der Waals surface area (Å²) >= 11 is 0. The Hall–Kier alpha value is -2.96. The van der Waals surface area contributed by atoms with Crippen LogP contribution in [-0.2, 0) is 10.2 Å². The molecule has 2 heterocycles. The number of carbonyl (C=O) groups excluding carboxylic acids is 2. The number of nitrogens with one attached hydrogen (secondary N) is 2. The zero-order chi connectivity index (χ0) is 17.9. The van der Waals surface area contributed by atoms with Gasteiger partial charge in [0, 0.05) is 12.0 Å². The molecule has 0 saturated carbocycles. The lowest BCUT2D eigenvalue weighted by atomic mass is 9.84. The molecule has 132 valence electrons. The molecule has 1 aliphatic heterocycles. The fourth-order valence-electron chi connectivity index (χ4n) is 2.46. The number of furan rings is 1. The first-order chi connectivity index (χ1) is 12.0. The highest BCUT2D eigenvalue weighted by Gasteiger charge is 2.24. The highest BCUT2D eigenvalue weighted by atomic mass is 16.7. The van der Waals surface area contributed by atoms with Crippen molar-refractivity contribution in [2.75, 3.05) is 19.9 Å². The first-order valence-electron chi connectivity index (χ1n) is 7.93. The largest absolute Gasteiger partial charge is 0.472 e. The number of rotatable bonds is 6. The summed E-state index contributed by atoms with van der Waals surface area (Å²) in [5.41, 5.74) is 1.11. The Morgan fingerprint density at radius 3 is 2.68 bits per heavy atom. The van der Waals surface area contributed by atoms with E-state index in [0.717, 1.165) is 11.3 Å². The third-order valence-electron chi connectivity index (χ3n) is 4.07. The van der Waals surface area contributed by atoms with Crippen LogP contribution in [0.1, 0.15) is 29.8 Å². The monoisotopic (exact) mass is 344 g/mol. The van der Waals surface area contributed by atoms with Gasteiger partial charge in [0.25, 0.3) is 5.91 Å². The Balaban J connectivity index is 1.51. The molecule has 1 aliphatic rings. The molecule has 0 bridgehead atoms. The van der Waals surface area contributed by atoms with E-state index in [4.69, 9.17) is 13.9 Å². The molecule has 0 fully saturated rings. The quantitative estimate of drug-likeness (QED) is 0.834. The number of fused-ring (bicyclic) bond motifs is 1. The van der Waals surface area contributed by atoms with Crippen molar-refractivity contribution >= 4 is 11.8 Å². The summed E-state index contributed by atoms with van der Waals surface area (Å²) in [6.45, 7) is 4.60. The van der Waals surface area contributed by atoms with Gasteiger partial charge in [-0.2, -0.15) is 0 Å². The van der Waals surface area contributed by atoms with E-state index in [1.165, 1.54) is 18.6 Å². The van der Waals surface area contributed by atoms with E-state index >= 15 is 0 Å². The van der Waals surface area contributed by atoms with E-state index in [2.05, 4.69) is 10.6 Å². The fraction of sp³-hybridized carbons (Fsp3) is 0.333. The lowest BCUT2D eigenvalue weighted by Crippen LogP contribution is -2.42. The molecule has 7 nitrogen and oxygen atoms in total. The third-order valence-corrected chi connectivity index (χ3v) is 4.07. The van der Waals surface area contributed by atoms with Crippen LogP contribution >= 0.6 is 0 Å². The molecule has 0 saturated heterocycles. The number of benzene rings is 1. The fourth-order valence-corrected chi connectivity index (χ4v) is 2.46. The van der Waals surface area contributed by atoms with E-state index < -0.39 is 0 Å². The minimum atomic E-state index is -0.348. The van der Waals surface area contributed by atoms with Gasteiger partial charge in [0.1, 0.15) is 6.26 Å². The molecule has 0 radical (unpaired) electrons. The van der Waals surface area contributed by atoms with Gasteiger partial charge in [0.15, 0.2) is 11.5 Å². The summed E-state index contributed by atoms with van der Waals surface area (Å²) in [5, 5.41) is 5.39. The van der Waals surface area contributed by atoms with Crippen molar-refractivity contribution in [3.63, 3.8) is 0 Å². The van der Waals surface area contributed by atoms with Crippen LogP contribution in [0.5, 0.6) is 11.5 Å². The third kappa shape index (κ3) is 3.93. The second-order valence-electron chi connectivity index (χ2n) is 6.42. The van der Waals surface area contributed by atoms with Crippen LogP contribution in [0.4, 0.5) is 0 Å². The van der Waals surface area contributed by atoms with E-state index in [1.54, 1.807) is 0 Å². The van der Waals surface area contributed by atoms with Crippen LogP contribution in [0.2, 0.25) is 0 Å². The zero-order valence-electron chi connectivity index (χ0n) is 14.1. The highest BCUT2D eigenvalue weighted by Crippen LogP contribution is 2.36. The minimum absolute atomic E-state index is 0.0960. The molecule has 1 aromatic heterocycles. The van der Waals surface area contributed by atoms with Crippen molar-refractivity contribution < 1.29 is 23.5 Å². The molecule has 2 N–H and O–H groups in total. The molecule has 1 aromatic carbocycles. The van der Waals surface area contributed by atoms with Crippen molar-refractivity contribution in [1.82, 2.24) is 10.6 Å². The van der Waals surface area contributed by atoms with Gasteiger partial charge in [0.2, 0.25) is 12.7 Å². The van der Waals surface area contributed by atoms with Crippen LogP contribution in [-0.4, -0.2) is 31.7 Å². The molecule has 2 aromatic rings. The van der Waals surface area contributed by atoms with Crippen LogP contribution in [0.15, 0.2) is 41.2 Å². The molecular formula is C18H20N2O5. The molecule has 3 rings (SSSR count). The smallest absolute Gasteiger partial charge is 0.254 e. The summed E-state index contributed by atoms with van der Waals surface area (Å²) in [6, 6.07) is 7.29. The van der Waals surface area contributed by atoms with Gasteiger partial charge in [-0.05, 0) is 23.8 Å². The molecule has 0 aliphatic carbocycles. The second-order valence-corrected chi connectivity index (χ2v) is 6.42. The van der Waals surface area contributed by atoms with Gasteiger partial charge < -0.3 is 24.5 Å². The predicted octanol–water partition coefficient (Wildman–Crippen LogP) is 1.83. The summed E-state index contributed by atoms with van der Waals surface area (Å²) in [4.78, 5) is 23.8. The standard InChI is InChI=1S/C18H20N2O5/c1-18(2,13-3-4-14-15(7-13)25-11-24-14)10-20-16(21)8-19-17(22)12-5-6-23-9-12/h3-7,9H,8,10-11H2,1-2H3,(H,19,22)(H,20,21). The van der Waals surface area contributed by atoms with Gasteiger partial charge in [-0.1, -0.05) is 19.9 Å². The Labute approximate surface area is 145 Å². The Kier molecular flexibility index (Phi) is 4.65. The van der Waals surface area contributed by atoms with E-state index in [0.29, 0.717) is 17.9 Å². The lowest BCUT2D eigenvalue weighted by molar-refractivity contribution is -0.120. The Morgan fingerprint density at radius 1 is 1.12 bits per heavy atom. The molecule has 2 amide bonds. The first-order valence-corrected chi connectivity index (χ1v) is 7.93. The number of carbonyl (C=O) groups is 2. The maximum Gasteiger partial charge on any atom is 0.254 e. The topological polar surface area (TPSA) is 89.8 Å². The van der Waals surface area contributed by atoms with Gasteiger partial charge in [-0.3, -0.25) is 9.59 Å². The van der Waals surface area contributed by atoms with Crippen LogP contribution < -0.4 is 20.1 Å². The van der Waals surface area contributed by atoms with Gasteiger partial charge in [0.05, 0.1) is 18.4 Å². The summed E-state index contributed by atoms with van der Waals surface area (Å²) in [5.74, 6) is 0.833. The summed E-state index contributed by atoms with van der Waals surface area (Å²) < 4.78 is 15.5. The lowest BCUT2D eigenvalue weighted by Gasteiger charge is -2.26. The second kappa shape index (κ2) is 6.88. The molecule has 0 atom stereocenters. The van der Waals surface area contributed by atoms with Crippen molar-refractivity contribution in [3.8, 4) is 11.5 Å². The van der Waals surface area contributed by atoms with E-state index in [-0.39, 0.29) is 30.6 Å². The van der Waals surface area contributed by atoms with Crippen molar-refractivity contribution in [2.24, 2.45) is 0 Å². The normalized spacial score (nSPS) is 12.7. The van der Waals surface area contributed by atoms with E-state index in [9.17, 15) is 9.59 Å². The van der Waals surface area contributed by atoms with Crippen molar-refractivity contribution in [3.05, 3.63) is 47.9 Å². The number of ether oxygens (including phenoxy) is 2. The van der Waals surface area contributed by atoms with Crippen LogP contribution in [0.3, 0.4) is 0 Å². The average molecular weight is 344 g/mol.